The molecule has 4 aromatic rings. The van der Waals surface area contributed by atoms with Crippen LogP contribution in [-0.4, -0.2) is 50.9 Å². The van der Waals surface area contributed by atoms with E-state index in [9.17, 15) is 22.4 Å². The number of nitrogens with one attached hydrogen (secondary N) is 1. The van der Waals surface area contributed by atoms with Crippen LogP contribution < -0.4 is 14.4 Å². The first-order valence-corrected chi connectivity index (χ1v) is 16.3. The Morgan fingerprint density at radius 1 is 0.867 bits per heavy atom. The van der Waals surface area contributed by atoms with Crippen molar-refractivity contribution < 1.29 is 27.1 Å². The van der Waals surface area contributed by atoms with Gasteiger partial charge in [0.15, 0.2) is 0 Å². The van der Waals surface area contributed by atoms with Gasteiger partial charge in [0, 0.05) is 24.5 Å². The number of carbonyl (C=O) groups is 2. The summed E-state index contributed by atoms with van der Waals surface area (Å²) in [4.78, 5) is 29.2. The van der Waals surface area contributed by atoms with E-state index in [4.69, 9.17) is 16.3 Å². The molecule has 0 unspecified atom stereocenters. The number of anilines is 1. The molecule has 0 saturated carbocycles. The van der Waals surface area contributed by atoms with Crippen LogP contribution in [0.4, 0.5) is 10.1 Å². The fourth-order valence-corrected chi connectivity index (χ4v) is 6.31. The second-order valence-electron chi connectivity index (χ2n) is 10.1. The Morgan fingerprint density at radius 3 is 2.11 bits per heavy atom. The van der Waals surface area contributed by atoms with Crippen LogP contribution in [0.2, 0.25) is 5.02 Å². The number of likely N-dealkylation sites (N-methyl/N-ethyl adjacent to an activating group) is 1. The number of halogens is 2. The second kappa shape index (κ2) is 15.5. The molecule has 45 heavy (non-hydrogen) atoms. The quantitative estimate of drug-likeness (QED) is 0.185. The Labute approximate surface area is 268 Å². The standard InChI is InChI=1S/C34H35ClFN3O5S/c1-3-37-34(41)32(22-25-8-6-5-7-9-25)38(23-26-10-14-28(36)15-11-26)33(40)24-39(29-16-18-30(19-17-29)44-4-2)45(42,43)31-20-12-27(35)13-21-31/h5-21,32H,3-4,22-24H2,1-2H3,(H,37,41)/t32-/m1/s1. The maximum Gasteiger partial charge on any atom is 0.264 e. The highest BCUT2D eigenvalue weighted by Gasteiger charge is 2.34. The van der Waals surface area contributed by atoms with Crippen LogP contribution in [0.15, 0.2) is 108 Å². The molecular weight excluding hydrogens is 617 g/mol. The van der Waals surface area contributed by atoms with E-state index >= 15 is 0 Å². The third-order valence-corrected chi connectivity index (χ3v) is 9.04. The maximum atomic E-state index is 14.4. The van der Waals surface area contributed by atoms with Crippen LogP contribution >= 0.6 is 11.6 Å². The third-order valence-electron chi connectivity index (χ3n) is 7.00. The van der Waals surface area contributed by atoms with Crippen molar-refractivity contribution in [1.82, 2.24) is 10.2 Å². The van der Waals surface area contributed by atoms with E-state index in [0.29, 0.717) is 29.5 Å². The molecule has 1 N–H and O–H groups in total. The van der Waals surface area contributed by atoms with Crippen LogP contribution in [0.25, 0.3) is 0 Å². The predicted octanol–water partition coefficient (Wildman–Crippen LogP) is 5.85. The molecule has 1 atom stereocenters. The summed E-state index contributed by atoms with van der Waals surface area (Å²) in [6.07, 6.45) is 0.173. The van der Waals surface area contributed by atoms with Gasteiger partial charge in [-0.2, -0.15) is 0 Å². The van der Waals surface area contributed by atoms with Crippen molar-refractivity contribution >= 4 is 39.1 Å². The van der Waals surface area contributed by atoms with E-state index in [-0.39, 0.29) is 23.5 Å². The number of ether oxygens (including phenoxy) is 1. The van der Waals surface area contributed by atoms with Gasteiger partial charge in [0.2, 0.25) is 11.8 Å². The fourth-order valence-electron chi connectivity index (χ4n) is 4.77. The van der Waals surface area contributed by atoms with E-state index in [1.165, 1.54) is 53.4 Å². The van der Waals surface area contributed by atoms with Crippen LogP contribution in [0.3, 0.4) is 0 Å². The molecule has 0 aliphatic heterocycles. The van der Waals surface area contributed by atoms with Crippen molar-refractivity contribution in [3.8, 4) is 5.75 Å². The molecule has 11 heteroatoms. The highest BCUT2D eigenvalue weighted by atomic mass is 35.5. The molecule has 0 spiro atoms. The summed E-state index contributed by atoms with van der Waals surface area (Å²) in [5.74, 6) is -0.937. The highest BCUT2D eigenvalue weighted by molar-refractivity contribution is 7.92. The Balaban J connectivity index is 1.79. The lowest BCUT2D eigenvalue weighted by Crippen LogP contribution is -2.53. The minimum Gasteiger partial charge on any atom is -0.494 e. The van der Waals surface area contributed by atoms with Gasteiger partial charge in [0.1, 0.15) is 24.2 Å². The Bertz CT molecular complexity index is 1670. The van der Waals surface area contributed by atoms with E-state index in [2.05, 4.69) is 5.32 Å². The first-order chi connectivity index (χ1) is 21.6. The van der Waals surface area contributed by atoms with Crippen LogP contribution in [0, 0.1) is 5.82 Å². The first-order valence-electron chi connectivity index (χ1n) is 14.5. The number of sulfonamides is 1. The molecule has 4 aromatic carbocycles. The van der Waals surface area contributed by atoms with Gasteiger partial charge in [-0.3, -0.25) is 13.9 Å². The SMILES string of the molecule is CCNC(=O)[C@@H](Cc1ccccc1)N(Cc1ccc(F)cc1)C(=O)CN(c1ccc(OCC)cc1)S(=O)(=O)c1ccc(Cl)cc1. The summed E-state index contributed by atoms with van der Waals surface area (Å²) >= 11 is 6.03. The summed E-state index contributed by atoms with van der Waals surface area (Å²) in [5, 5.41) is 3.16. The van der Waals surface area contributed by atoms with Gasteiger partial charge in [-0.15, -0.1) is 0 Å². The minimum atomic E-state index is -4.28. The summed E-state index contributed by atoms with van der Waals surface area (Å²) in [6, 6.07) is 25.8. The summed E-state index contributed by atoms with van der Waals surface area (Å²) in [6.45, 7) is 3.67. The molecule has 0 aromatic heterocycles. The Hall–Kier alpha value is -4.41. The van der Waals surface area contributed by atoms with Crippen LogP contribution in [0.1, 0.15) is 25.0 Å². The molecule has 0 radical (unpaired) electrons. The van der Waals surface area contributed by atoms with Gasteiger partial charge >= 0.3 is 0 Å². The molecular formula is C34H35ClFN3O5S. The lowest BCUT2D eigenvalue weighted by molar-refractivity contribution is -0.140. The highest BCUT2D eigenvalue weighted by Crippen LogP contribution is 2.28. The van der Waals surface area contributed by atoms with Crippen molar-refractivity contribution in [2.24, 2.45) is 0 Å². The number of hydrogen-bond acceptors (Lipinski definition) is 5. The molecule has 236 valence electrons. The van der Waals surface area contributed by atoms with Crippen molar-refractivity contribution in [1.29, 1.82) is 0 Å². The number of nitrogens with zero attached hydrogens (tertiary/aromatic N) is 2. The average molecular weight is 652 g/mol. The topological polar surface area (TPSA) is 96.0 Å². The molecule has 0 bridgehead atoms. The lowest BCUT2D eigenvalue weighted by Gasteiger charge is -2.33. The van der Waals surface area contributed by atoms with E-state index in [0.717, 1.165) is 9.87 Å². The van der Waals surface area contributed by atoms with Crippen molar-refractivity contribution in [3.05, 3.63) is 125 Å². The van der Waals surface area contributed by atoms with E-state index < -0.39 is 40.2 Å². The van der Waals surface area contributed by atoms with Gasteiger partial charge in [-0.1, -0.05) is 54.1 Å². The van der Waals surface area contributed by atoms with E-state index in [1.807, 2.05) is 37.3 Å². The summed E-state index contributed by atoms with van der Waals surface area (Å²) < 4.78 is 48.4. The van der Waals surface area contributed by atoms with Crippen LogP contribution in [-0.2, 0) is 32.6 Å². The molecule has 0 aliphatic carbocycles. The van der Waals surface area contributed by atoms with Gasteiger partial charge in [-0.05, 0) is 85.6 Å². The van der Waals surface area contributed by atoms with Crippen molar-refractivity contribution in [2.45, 2.75) is 37.8 Å². The van der Waals surface area contributed by atoms with E-state index in [1.54, 1.807) is 31.2 Å². The van der Waals surface area contributed by atoms with Crippen LogP contribution in [0.5, 0.6) is 5.75 Å². The molecule has 2 amide bonds. The van der Waals surface area contributed by atoms with Crippen molar-refractivity contribution in [2.75, 3.05) is 24.0 Å². The first kappa shape index (κ1) is 33.5. The van der Waals surface area contributed by atoms with Gasteiger partial charge in [-0.25, -0.2) is 12.8 Å². The summed E-state index contributed by atoms with van der Waals surface area (Å²) in [7, 11) is -4.28. The third kappa shape index (κ3) is 8.83. The predicted molar refractivity (Wildman–Crippen MR) is 173 cm³/mol. The Morgan fingerprint density at radius 2 is 1.51 bits per heavy atom. The number of carbonyl (C=O) groups excluding carboxylic acids is 2. The molecule has 0 fully saturated rings. The molecule has 0 heterocycles. The summed E-state index contributed by atoms with van der Waals surface area (Å²) in [5.41, 5.74) is 1.60. The number of hydrogen-bond donors (Lipinski definition) is 1. The molecule has 4 rings (SSSR count). The molecule has 0 saturated heterocycles. The van der Waals surface area contributed by atoms with Gasteiger partial charge in [0.05, 0.1) is 17.2 Å². The zero-order valence-electron chi connectivity index (χ0n) is 25.0. The largest absolute Gasteiger partial charge is 0.494 e. The normalized spacial score (nSPS) is 11.8. The number of rotatable bonds is 14. The number of amides is 2. The maximum absolute atomic E-state index is 14.4. The molecule has 8 nitrogen and oxygen atoms in total. The minimum absolute atomic E-state index is 0.0636. The Kier molecular flexibility index (Phi) is 11.6. The lowest BCUT2D eigenvalue weighted by atomic mass is 10.0. The number of benzene rings is 4. The monoisotopic (exact) mass is 651 g/mol. The zero-order valence-corrected chi connectivity index (χ0v) is 26.6. The van der Waals surface area contributed by atoms with Crippen molar-refractivity contribution in [3.63, 3.8) is 0 Å². The van der Waals surface area contributed by atoms with Gasteiger partial charge < -0.3 is 15.0 Å². The fraction of sp³-hybridized carbons (Fsp3) is 0.235. The van der Waals surface area contributed by atoms with Gasteiger partial charge in [0.25, 0.3) is 10.0 Å². The molecule has 0 aliphatic rings. The smallest absolute Gasteiger partial charge is 0.264 e. The zero-order chi connectivity index (χ0) is 32.4. The second-order valence-corrected chi connectivity index (χ2v) is 12.4. The average Bonchev–Trinajstić information content (AvgIpc) is 3.03.